The largest absolute Gasteiger partial charge is 0.362 e. The lowest BCUT2D eigenvalue weighted by atomic mass is 10.1. The van der Waals surface area contributed by atoms with Crippen LogP contribution < -0.4 is 10.9 Å². The lowest BCUT2D eigenvalue weighted by Crippen LogP contribution is -2.24. The second-order valence-electron chi connectivity index (χ2n) is 5.01. The van der Waals surface area contributed by atoms with Gasteiger partial charge in [0.1, 0.15) is 5.82 Å². The Kier molecular flexibility index (Phi) is 3.26. The van der Waals surface area contributed by atoms with Crippen LogP contribution in [-0.4, -0.2) is 15.6 Å². The first-order chi connectivity index (χ1) is 9.69. The third kappa shape index (κ3) is 2.43. The Hall–Kier alpha value is -2.17. The van der Waals surface area contributed by atoms with Gasteiger partial charge in [0, 0.05) is 30.9 Å². The van der Waals surface area contributed by atoms with E-state index in [1.165, 1.54) is 12.1 Å². The molecule has 4 nitrogen and oxygen atoms in total. The van der Waals surface area contributed by atoms with Crippen LogP contribution in [-0.2, 0) is 6.54 Å². The number of aryl methyl sites for hydroxylation is 1. The van der Waals surface area contributed by atoms with Crippen molar-refractivity contribution >= 4 is 5.82 Å². The monoisotopic (exact) mass is 273 g/mol. The van der Waals surface area contributed by atoms with Crippen LogP contribution in [0.4, 0.5) is 10.2 Å². The van der Waals surface area contributed by atoms with Crippen LogP contribution in [0.1, 0.15) is 24.8 Å². The average Bonchev–Trinajstić information content (AvgIpc) is 3.21. The Labute approximate surface area is 116 Å². The molecule has 0 saturated heterocycles. The third-order valence-corrected chi connectivity index (χ3v) is 3.67. The number of aromatic nitrogens is 2. The van der Waals surface area contributed by atoms with Crippen LogP contribution in [0.2, 0.25) is 0 Å². The molecule has 104 valence electrons. The van der Waals surface area contributed by atoms with E-state index in [4.69, 9.17) is 0 Å². The molecule has 1 aromatic carbocycles. The fraction of sp³-hybridized carbons (Fsp3) is 0.333. The summed E-state index contributed by atoms with van der Waals surface area (Å²) in [4.78, 5) is 16.1. The van der Waals surface area contributed by atoms with Gasteiger partial charge in [0.2, 0.25) is 0 Å². The maximum Gasteiger partial charge on any atom is 0.293 e. The Bertz CT molecular complexity index is 666. The summed E-state index contributed by atoms with van der Waals surface area (Å²) in [6.07, 6.45) is 4.24. The van der Waals surface area contributed by atoms with Crippen LogP contribution >= 0.6 is 0 Å². The zero-order valence-corrected chi connectivity index (χ0v) is 11.2. The SMILES string of the molecule is CCn1ccnc(N[C@@H]2C[C@H]2c2ccc(F)cc2)c1=O. The highest BCUT2D eigenvalue weighted by molar-refractivity contribution is 5.40. The zero-order valence-electron chi connectivity index (χ0n) is 11.2. The summed E-state index contributed by atoms with van der Waals surface area (Å²) in [5, 5.41) is 3.18. The molecule has 1 aliphatic carbocycles. The van der Waals surface area contributed by atoms with E-state index in [2.05, 4.69) is 10.3 Å². The second kappa shape index (κ2) is 5.07. The number of nitrogens with zero attached hydrogens (tertiary/aromatic N) is 2. The molecule has 2 atom stereocenters. The van der Waals surface area contributed by atoms with Gasteiger partial charge in [0.15, 0.2) is 5.82 Å². The quantitative estimate of drug-likeness (QED) is 0.930. The van der Waals surface area contributed by atoms with Crippen molar-refractivity contribution in [3.05, 3.63) is 58.4 Å². The smallest absolute Gasteiger partial charge is 0.293 e. The molecule has 1 saturated carbocycles. The van der Waals surface area contributed by atoms with E-state index in [1.54, 1.807) is 29.1 Å². The first kappa shape index (κ1) is 12.8. The first-order valence-electron chi connectivity index (χ1n) is 6.76. The molecule has 1 heterocycles. The van der Waals surface area contributed by atoms with Crippen LogP contribution in [0.25, 0.3) is 0 Å². The molecule has 1 N–H and O–H groups in total. The number of hydrogen-bond acceptors (Lipinski definition) is 3. The minimum Gasteiger partial charge on any atom is -0.362 e. The Morgan fingerprint density at radius 2 is 2.15 bits per heavy atom. The van der Waals surface area contributed by atoms with Crippen molar-refractivity contribution < 1.29 is 4.39 Å². The van der Waals surface area contributed by atoms with Gasteiger partial charge in [-0.05, 0) is 31.0 Å². The third-order valence-electron chi connectivity index (χ3n) is 3.67. The highest BCUT2D eigenvalue weighted by atomic mass is 19.1. The standard InChI is InChI=1S/C15H16FN3O/c1-2-19-8-7-17-14(15(19)20)18-13-9-12(13)10-3-5-11(16)6-4-10/h3-8,12-13H,2,9H2,1H3,(H,17,18)/t12-,13+/m0/s1. The normalized spacial score (nSPS) is 20.7. The van der Waals surface area contributed by atoms with Crippen molar-refractivity contribution in [3.63, 3.8) is 0 Å². The van der Waals surface area contributed by atoms with Gasteiger partial charge >= 0.3 is 0 Å². The molecule has 3 rings (SSSR count). The van der Waals surface area contributed by atoms with E-state index in [-0.39, 0.29) is 17.4 Å². The molecule has 0 spiro atoms. The van der Waals surface area contributed by atoms with Crippen molar-refractivity contribution in [2.75, 3.05) is 5.32 Å². The molecule has 1 aromatic heterocycles. The molecule has 20 heavy (non-hydrogen) atoms. The van der Waals surface area contributed by atoms with Crippen molar-refractivity contribution in [2.24, 2.45) is 0 Å². The molecule has 1 aliphatic rings. The van der Waals surface area contributed by atoms with E-state index in [0.717, 1.165) is 12.0 Å². The van der Waals surface area contributed by atoms with E-state index < -0.39 is 0 Å². The Morgan fingerprint density at radius 3 is 2.85 bits per heavy atom. The molecule has 2 aromatic rings. The van der Waals surface area contributed by atoms with E-state index in [9.17, 15) is 9.18 Å². The maximum atomic E-state index is 12.9. The minimum atomic E-state index is -0.227. The van der Waals surface area contributed by atoms with Crippen LogP contribution in [0.3, 0.4) is 0 Å². The van der Waals surface area contributed by atoms with Gasteiger partial charge in [-0.15, -0.1) is 0 Å². The lowest BCUT2D eigenvalue weighted by Gasteiger charge is -2.07. The predicted molar refractivity (Wildman–Crippen MR) is 75.3 cm³/mol. The molecule has 0 unspecified atom stereocenters. The topological polar surface area (TPSA) is 46.9 Å². The summed E-state index contributed by atoms with van der Waals surface area (Å²) < 4.78 is 14.5. The number of anilines is 1. The Morgan fingerprint density at radius 1 is 1.40 bits per heavy atom. The summed E-state index contributed by atoms with van der Waals surface area (Å²) in [6, 6.07) is 6.73. The van der Waals surface area contributed by atoms with Crippen LogP contribution in [0, 0.1) is 5.82 Å². The molecular weight excluding hydrogens is 257 g/mol. The fourth-order valence-electron chi connectivity index (χ4n) is 2.40. The van der Waals surface area contributed by atoms with Crippen molar-refractivity contribution in [1.29, 1.82) is 0 Å². The van der Waals surface area contributed by atoms with Gasteiger partial charge in [0.25, 0.3) is 5.56 Å². The van der Waals surface area contributed by atoms with Crippen LogP contribution in [0.15, 0.2) is 41.5 Å². The summed E-state index contributed by atoms with van der Waals surface area (Å²) in [5.41, 5.74) is 0.996. The van der Waals surface area contributed by atoms with Gasteiger partial charge in [-0.2, -0.15) is 0 Å². The van der Waals surface area contributed by atoms with Gasteiger partial charge < -0.3 is 9.88 Å². The zero-order chi connectivity index (χ0) is 14.1. The van der Waals surface area contributed by atoms with E-state index in [1.807, 2.05) is 6.92 Å². The average molecular weight is 273 g/mol. The minimum absolute atomic E-state index is 0.0974. The summed E-state index contributed by atoms with van der Waals surface area (Å²) >= 11 is 0. The highest BCUT2D eigenvalue weighted by Crippen LogP contribution is 2.42. The van der Waals surface area contributed by atoms with Crippen molar-refractivity contribution in [1.82, 2.24) is 9.55 Å². The molecule has 0 aliphatic heterocycles. The van der Waals surface area contributed by atoms with Gasteiger partial charge in [-0.1, -0.05) is 12.1 Å². The van der Waals surface area contributed by atoms with E-state index >= 15 is 0 Å². The van der Waals surface area contributed by atoms with Crippen molar-refractivity contribution in [3.8, 4) is 0 Å². The van der Waals surface area contributed by atoms with Gasteiger partial charge in [-0.25, -0.2) is 9.37 Å². The van der Waals surface area contributed by atoms with Crippen LogP contribution in [0.5, 0.6) is 0 Å². The molecular formula is C15H16FN3O. The molecule has 5 heteroatoms. The summed E-state index contributed by atoms with van der Waals surface area (Å²) in [5.74, 6) is 0.491. The van der Waals surface area contributed by atoms with Gasteiger partial charge in [-0.3, -0.25) is 4.79 Å². The molecule has 0 amide bonds. The van der Waals surface area contributed by atoms with Gasteiger partial charge in [0.05, 0.1) is 0 Å². The number of halogens is 1. The lowest BCUT2D eigenvalue weighted by molar-refractivity contribution is 0.627. The fourth-order valence-corrected chi connectivity index (χ4v) is 2.40. The number of hydrogen-bond donors (Lipinski definition) is 1. The van der Waals surface area contributed by atoms with E-state index in [0.29, 0.717) is 18.3 Å². The molecule has 0 radical (unpaired) electrons. The summed E-state index contributed by atoms with van der Waals surface area (Å²) in [6.45, 7) is 2.55. The second-order valence-corrected chi connectivity index (χ2v) is 5.01. The maximum absolute atomic E-state index is 12.9. The first-order valence-corrected chi connectivity index (χ1v) is 6.76. The van der Waals surface area contributed by atoms with Crippen molar-refractivity contribution in [2.45, 2.75) is 31.8 Å². The Balaban J connectivity index is 1.72. The highest BCUT2D eigenvalue weighted by Gasteiger charge is 2.39. The summed E-state index contributed by atoms with van der Waals surface area (Å²) in [7, 11) is 0. The molecule has 0 bridgehead atoms. The number of benzene rings is 1. The predicted octanol–water partition coefficient (Wildman–Crippen LogP) is 2.37. The number of rotatable bonds is 4. The molecule has 1 fully saturated rings. The number of nitrogens with one attached hydrogen (secondary N) is 1.